The van der Waals surface area contributed by atoms with Gasteiger partial charge in [-0.1, -0.05) is 6.07 Å². The molecule has 22 heavy (non-hydrogen) atoms. The van der Waals surface area contributed by atoms with Crippen LogP contribution in [0.1, 0.15) is 30.6 Å². The number of nitrogens with zero attached hydrogens (tertiary/aromatic N) is 2. The first-order valence-corrected chi connectivity index (χ1v) is 8.85. The monoisotopic (exact) mass is 321 g/mol. The minimum absolute atomic E-state index is 0.0605. The van der Waals surface area contributed by atoms with Gasteiger partial charge < -0.3 is 10.6 Å². The molecule has 6 heteroatoms. The van der Waals surface area contributed by atoms with Crippen LogP contribution in [-0.2, 0) is 16.1 Å². The van der Waals surface area contributed by atoms with E-state index in [0.717, 1.165) is 6.54 Å². The van der Waals surface area contributed by atoms with Crippen LogP contribution in [0.4, 0.5) is 0 Å². The fraction of sp³-hybridized carbons (Fsp3) is 0.625. The summed E-state index contributed by atoms with van der Waals surface area (Å²) in [4.78, 5) is 29.2. The van der Waals surface area contributed by atoms with E-state index in [1.165, 1.54) is 17.7 Å². The van der Waals surface area contributed by atoms with Crippen molar-refractivity contribution in [2.24, 2.45) is 11.7 Å². The fourth-order valence-corrected chi connectivity index (χ4v) is 3.77. The van der Waals surface area contributed by atoms with Crippen LogP contribution in [0.5, 0.6) is 0 Å². The second kappa shape index (κ2) is 6.79. The molecule has 2 heterocycles. The summed E-state index contributed by atoms with van der Waals surface area (Å²) in [5.41, 5.74) is 5.34. The molecule has 1 saturated heterocycles. The number of carbonyl (C=O) groups is 2. The van der Waals surface area contributed by atoms with E-state index in [4.69, 9.17) is 5.73 Å². The molecule has 1 aromatic heterocycles. The first-order valence-electron chi connectivity index (χ1n) is 7.97. The van der Waals surface area contributed by atoms with Crippen LogP contribution in [0.15, 0.2) is 17.5 Å². The molecule has 0 spiro atoms. The second-order valence-corrected chi connectivity index (χ2v) is 7.31. The molecule has 1 saturated carbocycles. The van der Waals surface area contributed by atoms with Crippen molar-refractivity contribution in [2.45, 2.75) is 38.3 Å². The van der Waals surface area contributed by atoms with Gasteiger partial charge in [-0.05, 0) is 37.1 Å². The quantitative estimate of drug-likeness (QED) is 0.862. The Balaban J connectivity index is 1.52. The average Bonchev–Trinajstić information content (AvgIpc) is 3.24. The van der Waals surface area contributed by atoms with E-state index >= 15 is 0 Å². The Labute approximate surface area is 135 Å². The van der Waals surface area contributed by atoms with Crippen LogP contribution in [0, 0.1) is 5.92 Å². The summed E-state index contributed by atoms with van der Waals surface area (Å²) in [7, 11) is 0. The molecule has 0 radical (unpaired) electrons. The predicted molar refractivity (Wildman–Crippen MR) is 86.2 cm³/mol. The third-order valence-electron chi connectivity index (χ3n) is 4.59. The van der Waals surface area contributed by atoms with Crippen LogP contribution in [0.25, 0.3) is 0 Å². The number of primary amides is 1. The molecule has 120 valence electrons. The van der Waals surface area contributed by atoms with Crippen molar-refractivity contribution < 1.29 is 9.59 Å². The lowest BCUT2D eigenvalue weighted by Gasteiger charge is -2.32. The van der Waals surface area contributed by atoms with E-state index in [2.05, 4.69) is 22.4 Å². The molecule has 5 nitrogen and oxygen atoms in total. The Morgan fingerprint density at radius 1 is 1.27 bits per heavy atom. The Hall–Kier alpha value is -1.40. The number of hydrogen-bond acceptors (Lipinski definition) is 4. The molecule has 0 aromatic carbocycles. The van der Waals surface area contributed by atoms with Crippen molar-refractivity contribution in [2.75, 3.05) is 19.6 Å². The van der Waals surface area contributed by atoms with Gasteiger partial charge in [0.1, 0.15) is 0 Å². The molecule has 0 atom stereocenters. The zero-order chi connectivity index (χ0) is 15.5. The summed E-state index contributed by atoms with van der Waals surface area (Å²) in [6, 6.07) is 4.75. The molecule has 0 bridgehead atoms. The average molecular weight is 321 g/mol. The summed E-state index contributed by atoms with van der Waals surface area (Å²) in [5, 5.41) is 2.08. The maximum Gasteiger partial charge on any atom is 0.236 e. The van der Waals surface area contributed by atoms with E-state index in [-0.39, 0.29) is 17.7 Å². The normalized spacial score (nSPS) is 19.6. The number of rotatable bonds is 6. The SMILES string of the molecule is NC(=O)C1CCN(C(=O)CN(Cc2cccs2)C2CC2)CC1. The number of piperidine rings is 1. The third kappa shape index (κ3) is 3.87. The number of carbonyl (C=O) groups excluding carboxylic acids is 2. The number of nitrogens with two attached hydrogens (primary N) is 1. The van der Waals surface area contributed by atoms with E-state index in [9.17, 15) is 9.59 Å². The molecular weight excluding hydrogens is 298 g/mol. The van der Waals surface area contributed by atoms with Crippen molar-refractivity contribution in [3.8, 4) is 0 Å². The second-order valence-electron chi connectivity index (χ2n) is 6.27. The van der Waals surface area contributed by atoms with Crippen LogP contribution in [-0.4, -0.2) is 47.3 Å². The van der Waals surface area contributed by atoms with Gasteiger partial charge in [0.05, 0.1) is 6.54 Å². The lowest BCUT2D eigenvalue weighted by atomic mass is 9.96. The Morgan fingerprint density at radius 3 is 2.55 bits per heavy atom. The predicted octanol–water partition coefficient (Wildman–Crippen LogP) is 1.44. The zero-order valence-electron chi connectivity index (χ0n) is 12.7. The number of likely N-dealkylation sites (tertiary alicyclic amines) is 1. The van der Waals surface area contributed by atoms with Crippen molar-refractivity contribution in [1.29, 1.82) is 0 Å². The van der Waals surface area contributed by atoms with E-state index in [1.807, 2.05) is 4.90 Å². The zero-order valence-corrected chi connectivity index (χ0v) is 13.6. The summed E-state index contributed by atoms with van der Waals surface area (Å²) in [6.07, 6.45) is 3.80. The molecule has 3 rings (SSSR count). The van der Waals surface area contributed by atoms with Crippen molar-refractivity contribution in [3.63, 3.8) is 0 Å². The maximum atomic E-state index is 12.5. The van der Waals surface area contributed by atoms with Crippen LogP contribution < -0.4 is 5.73 Å². The van der Waals surface area contributed by atoms with Gasteiger partial charge in [0, 0.05) is 36.5 Å². The topological polar surface area (TPSA) is 66.6 Å². The summed E-state index contributed by atoms with van der Waals surface area (Å²) in [5.74, 6) is -0.106. The summed E-state index contributed by atoms with van der Waals surface area (Å²) in [6.45, 7) is 2.67. The number of amides is 2. The largest absolute Gasteiger partial charge is 0.369 e. The summed E-state index contributed by atoms with van der Waals surface area (Å²) >= 11 is 1.74. The summed E-state index contributed by atoms with van der Waals surface area (Å²) < 4.78 is 0. The minimum atomic E-state index is -0.232. The van der Waals surface area contributed by atoms with E-state index in [1.54, 1.807) is 11.3 Å². The molecule has 2 amide bonds. The smallest absolute Gasteiger partial charge is 0.236 e. The molecule has 1 aliphatic heterocycles. The van der Waals surface area contributed by atoms with Gasteiger partial charge >= 0.3 is 0 Å². The van der Waals surface area contributed by atoms with E-state index in [0.29, 0.717) is 38.5 Å². The highest BCUT2D eigenvalue weighted by molar-refractivity contribution is 7.09. The minimum Gasteiger partial charge on any atom is -0.369 e. The number of hydrogen-bond donors (Lipinski definition) is 1. The lowest BCUT2D eigenvalue weighted by Crippen LogP contribution is -2.46. The highest BCUT2D eigenvalue weighted by atomic mass is 32.1. The molecule has 1 aromatic rings. The van der Waals surface area contributed by atoms with Gasteiger partial charge in [0.2, 0.25) is 11.8 Å². The molecule has 0 unspecified atom stereocenters. The van der Waals surface area contributed by atoms with Crippen LogP contribution in [0.2, 0.25) is 0 Å². The first-order chi connectivity index (χ1) is 10.6. The molecule has 2 fully saturated rings. The Bertz CT molecular complexity index is 520. The van der Waals surface area contributed by atoms with E-state index < -0.39 is 0 Å². The van der Waals surface area contributed by atoms with Gasteiger partial charge in [-0.15, -0.1) is 11.3 Å². The van der Waals surface area contributed by atoms with Crippen molar-refractivity contribution in [3.05, 3.63) is 22.4 Å². The standard InChI is InChI=1S/C16H23N3O2S/c17-16(21)12-5-7-18(8-6-12)15(20)11-19(13-3-4-13)10-14-2-1-9-22-14/h1-2,9,12-13H,3-8,10-11H2,(H2,17,21). The van der Waals surface area contributed by atoms with Gasteiger partial charge in [-0.3, -0.25) is 14.5 Å². The van der Waals surface area contributed by atoms with Crippen LogP contribution >= 0.6 is 11.3 Å². The Morgan fingerprint density at radius 2 is 2.00 bits per heavy atom. The van der Waals surface area contributed by atoms with Crippen molar-refractivity contribution in [1.82, 2.24) is 9.80 Å². The molecular formula is C16H23N3O2S. The van der Waals surface area contributed by atoms with Gasteiger partial charge in [0.15, 0.2) is 0 Å². The first kappa shape index (κ1) is 15.5. The lowest BCUT2D eigenvalue weighted by molar-refractivity contribution is -0.136. The highest BCUT2D eigenvalue weighted by Crippen LogP contribution is 2.29. The number of thiophene rings is 1. The Kier molecular flexibility index (Phi) is 4.78. The molecule has 2 N–H and O–H groups in total. The third-order valence-corrected chi connectivity index (χ3v) is 5.45. The van der Waals surface area contributed by atoms with Gasteiger partial charge in [0.25, 0.3) is 0 Å². The van der Waals surface area contributed by atoms with Crippen molar-refractivity contribution >= 4 is 23.2 Å². The van der Waals surface area contributed by atoms with Gasteiger partial charge in [-0.2, -0.15) is 0 Å². The van der Waals surface area contributed by atoms with Crippen LogP contribution in [0.3, 0.4) is 0 Å². The molecule has 1 aliphatic carbocycles. The maximum absolute atomic E-state index is 12.5. The molecule has 2 aliphatic rings. The highest BCUT2D eigenvalue weighted by Gasteiger charge is 2.32. The fourth-order valence-electron chi connectivity index (χ4n) is 3.04. The van der Waals surface area contributed by atoms with Gasteiger partial charge in [-0.25, -0.2) is 0 Å².